The Bertz CT molecular complexity index is 545. The van der Waals surface area contributed by atoms with E-state index in [1.165, 1.54) is 0 Å². The van der Waals surface area contributed by atoms with Gasteiger partial charge in [-0.3, -0.25) is 0 Å². The Morgan fingerprint density at radius 3 is 2.22 bits per heavy atom. The number of carboxylic acids is 1. The van der Waals surface area contributed by atoms with Gasteiger partial charge in [0, 0.05) is 6.08 Å². The van der Waals surface area contributed by atoms with Crippen LogP contribution in [-0.4, -0.2) is 30.3 Å². The molecular weight excluding hydrogens is 296 g/mol. The van der Waals surface area contributed by atoms with Gasteiger partial charge in [-0.05, 0) is 43.4 Å². The molecule has 0 radical (unpaired) electrons. The summed E-state index contributed by atoms with van der Waals surface area (Å²) in [6, 6.07) is 6.83. The predicted octanol–water partition coefficient (Wildman–Crippen LogP) is 3.45. The zero-order valence-corrected chi connectivity index (χ0v) is 13.1. The van der Waals surface area contributed by atoms with Crippen molar-refractivity contribution in [1.29, 1.82) is 0 Å². The van der Waals surface area contributed by atoms with Crippen molar-refractivity contribution in [3.63, 3.8) is 0 Å². The minimum Gasteiger partial charge on any atom is -0.494 e. The minimum absolute atomic E-state index is 0.0636. The molecule has 0 saturated carbocycles. The molecule has 23 heavy (non-hydrogen) atoms. The minimum atomic E-state index is -1.03. The molecule has 0 heterocycles. The summed E-state index contributed by atoms with van der Waals surface area (Å²) in [5.41, 5.74) is 0.632. The van der Waals surface area contributed by atoms with Crippen LogP contribution in [0.1, 0.15) is 31.2 Å². The molecule has 1 rings (SSSR count). The summed E-state index contributed by atoms with van der Waals surface area (Å²) in [6.07, 6.45) is 4.83. The number of ether oxygens (including phenoxy) is 2. The Morgan fingerprint density at radius 1 is 1.04 bits per heavy atom. The van der Waals surface area contributed by atoms with Gasteiger partial charge in [0.05, 0.1) is 18.8 Å². The first-order valence-electron chi connectivity index (χ1n) is 7.49. The number of hydrogen-bond donors (Lipinski definition) is 1. The number of esters is 1. The van der Waals surface area contributed by atoms with Crippen molar-refractivity contribution in [3.8, 4) is 5.75 Å². The first kappa shape index (κ1) is 18.5. The van der Waals surface area contributed by atoms with E-state index in [1.54, 1.807) is 24.3 Å². The number of aliphatic carboxylic acids is 1. The van der Waals surface area contributed by atoms with Crippen molar-refractivity contribution in [1.82, 2.24) is 0 Å². The molecule has 0 fully saturated rings. The van der Waals surface area contributed by atoms with Crippen LogP contribution in [0.5, 0.6) is 5.75 Å². The molecule has 0 aliphatic rings. The lowest BCUT2D eigenvalue weighted by Gasteiger charge is -2.07. The van der Waals surface area contributed by atoms with Crippen molar-refractivity contribution in [3.05, 3.63) is 49.1 Å². The second-order valence-corrected chi connectivity index (χ2v) is 4.94. The summed E-state index contributed by atoms with van der Waals surface area (Å²) in [5.74, 6) is -0.716. The number of carboxylic acid groups (broad SMARTS) is 1. The molecule has 0 aliphatic carbocycles. The van der Waals surface area contributed by atoms with Gasteiger partial charge >= 0.3 is 11.9 Å². The van der Waals surface area contributed by atoms with Crippen LogP contribution in [0.3, 0.4) is 0 Å². The summed E-state index contributed by atoms with van der Waals surface area (Å²) in [6.45, 7) is 7.84. The van der Waals surface area contributed by atoms with E-state index in [9.17, 15) is 9.59 Å². The Kier molecular flexibility index (Phi) is 8.21. The highest BCUT2D eigenvalue weighted by Crippen LogP contribution is 2.18. The van der Waals surface area contributed by atoms with E-state index in [1.807, 2.05) is 0 Å². The highest BCUT2D eigenvalue weighted by atomic mass is 16.5. The molecule has 0 saturated heterocycles. The molecular formula is C18H22O5. The molecule has 5 nitrogen and oxygen atoms in total. The molecule has 5 heteroatoms. The smallest absolute Gasteiger partial charge is 0.335 e. The number of rotatable bonds is 11. The topological polar surface area (TPSA) is 72.8 Å². The van der Waals surface area contributed by atoms with E-state index in [2.05, 4.69) is 13.2 Å². The van der Waals surface area contributed by atoms with Crippen LogP contribution >= 0.6 is 0 Å². The molecule has 0 aromatic heterocycles. The van der Waals surface area contributed by atoms with Gasteiger partial charge in [0.1, 0.15) is 5.75 Å². The van der Waals surface area contributed by atoms with Crippen LogP contribution in [0, 0.1) is 0 Å². The number of carbonyl (C=O) groups excluding carboxylic acids is 1. The molecule has 0 amide bonds. The Balaban J connectivity index is 2.14. The fourth-order valence-electron chi connectivity index (χ4n) is 1.86. The first-order valence-corrected chi connectivity index (χ1v) is 7.49. The lowest BCUT2D eigenvalue weighted by molar-refractivity contribution is -0.137. The van der Waals surface area contributed by atoms with E-state index >= 15 is 0 Å². The van der Waals surface area contributed by atoms with Crippen molar-refractivity contribution in [2.75, 3.05) is 13.2 Å². The Morgan fingerprint density at radius 2 is 1.65 bits per heavy atom. The van der Waals surface area contributed by atoms with Gasteiger partial charge in [-0.25, -0.2) is 9.59 Å². The maximum atomic E-state index is 10.8. The third-order valence-corrected chi connectivity index (χ3v) is 3.18. The van der Waals surface area contributed by atoms with E-state index in [0.29, 0.717) is 24.5 Å². The maximum absolute atomic E-state index is 10.8. The quantitative estimate of drug-likeness (QED) is 0.384. The molecule has 1 aromatic rings. The largest absolute Gasteiger partial charge is 0.494 e. The van der Waals surface area contributed by atoms with E-state index in [0.717, 1.165) is 31.8 Å². The molecule has 0 spiro atoms. The van der Waals surface area contributed by atoms with Gasteiger partial charge in [0.15, 0.2) is 0 Å². The molecule has 1 aromatic carbocycles. The predicted molar refractivity (Wildman–Crippen MR) is 88.2 cm³/mol. The maximum Gasteiger partial charge on any atom is 0.335 e. The third kappa shape index (κ3) is 7.31. The fourth-order valence-corrected chi connectivity index (χ4v) is 1.86. The molecule has 124 valence electrons. The van der Waals surface area contributed by atoms with Crippen LogP contribution in [0.2, 0.25) is 0 Å². The first-order chi connectivity index (χ1) is 11.0. The Labute approximate surface area is 136 Å². The number of benzene rings is 1. The van der Waals surface area contributed by atoms with Crippen LogP contribution in [0.4, 0.5) is 0 Å². The molecule has 1 N–H and O–H groups in total. The molecule has 0 unspecified atom stereocenters. The third-order valence-electron chi connectivity index (χ3n) is 3.18. The summed E-state index contributed by atoms with van der Waals surface area (Å²) in [5, 5.41) is 8.85. The summed E-state index contributed by atoms with van der Waals surface area (Å²) < 4.78 is 10.5. The lowest BCUT2D eigenvalue weighted by atomic mass is 10.1. The van der Waals surface area contributed by atoms with E-state index in [4.69, 9.17) is 14.6 Å². The van der Waals surface area contributed by atoms with Crippen LogP contribution < -0.4 is 4.74 Å². The van der Waals surface area contributed by atoms with Crippen LogP contribution in [0.15, 0.2) is 43.5 Å². The zero-order chi connectivity index (χ0) is 17.1. The summed E-state index contributed by atoms with van der Waals surface area (Å²) in [7, 11) is 0. The van der Waals surface area contributed by atoms with Crippen molar-refractivity contribution < 1.29 is 24.2 Å². The summed E-state index contributed by atoms with van der Waals surface area (Å²) >= 11 is 0. The standard InChI is InChI=1S/C18H22O5/c1-3-17(19)23-13-7-5-4-6-12-22-16-10-8-15(9-11-16)14(2)18(20)21/h3,8-11H,1-2,4-7,12-13H2,(H,20,21). The Hall–Kier alpha value is -2.56. The SMILES string of the molecule is C=CC(=O)OCCCCCCOc1ccc(C(=C)C(=O)O)cc1. The highest BCUT2D eigenvalue weighted by molar-refractivity contribution is 6.14. The van der Waals surface area contributed by atoms with Gasteiger partial charge in [0.2, 0.25) is 0 Å². The average molecular weight is 318 g/mol. The number of hydrogen-bond acceptors (Lipinski definition) is 4. The normalized spacial score (nSPS) is 9.91. The highest BCUT2D eigenvalue weighted by Gasteiger charge is 2.06. The summed E-state index contributed by atoms with van der Waals surface area (Å²) in [4.78, 5) is 21.6. The van der Waals surface area contributed by atoms with E-state index < -0.39 is 5.97 Å². The van der Waals surface area contributed by atoms with Gasteiger partial charge in [-0.2, -0.15) is 0 Å². The lowest BCUT2D eigenvalue weighted by Crippen LogP contribution is -2.02. The molecule has 0 aliphatic heterocycles. The number of unbranched alkanes of at least 4 members (excludes halogenated alkanes) is 3. The molecule has 0 bridgehead atoms. The second-order valence-electron chi connectivity index (χ2n) is 4.94. The zero-order valence-electron chi connectivity index (χ0n) is 13.1. The second kappa shape index (κ2) is 10.2. The van der Waals surface area contributed by atoms with Gasteiger partial charge < -0.3 is 14.6 Å². The fraction of sp³-hybridized carbons (Fsp3) is 0.333. The van der Waals surface area contributed by atoms with Crippen molar-refractivity contribution >= 4 is 17.5 Å². The van der Waals surface area contributed by atoms with Crippen LogP contribution in [0.25, 0.3) is 5.57 Å². The molecule has 0 atom stereocenters. The van der Waals surface area contributed by atoms with Crippen LogP contribution in [-0.2, 0) is 14.3 Å². The monoisotopic (exact) mass is 318 g/mol. The number of carbonyl (C=O) groups is 2. The van der Waals surface area contributed by atoms with Gasteiger partial charge in [-0.1, -0.05) is 25.3 Å². The van der Waals surface area contributed by atoms with E-state index in [-0.39, 0.29) is 11.5 Å². The van der Waals surface area contributed by atoms with Crippen molar-refractivity contribution in [2.45, 2.75) is 25.7 Å². The van der Waals surface area contributed by atoms with Gasteiger partial charge in [-0.15, -0.1) is 0 Å². The van der Waals surface area contributed by atoms with Gasteiger partial charge in [0.25, 0.3) is 0 Å². The average Bonchev–Trinajstić information content (AvgIpc) is 2.56. The van der Waals surface area contributed by atoms with Crippen molar-refractivity contribution in [2.24, 2.45) is 0 Å².